The summed E-state index contributed by atoms with van der Waals surface area (Å²) in [6, 6.07) is 0.374. The average Bonchev–Trinajstić information content (AvgIpc) is 3.28. The Kier molecular flexibility index (Phi) is 7.45. The monoisotopic (exact) mass is 395 g/mol. The first-order chi connectivity index (χ1) is 13.2. The number of aromatic nitrogens is 4. The standard InChI is InChI=1S/C17H29N7O2S/c1-2-18-15(25)12-22-8-5-9-23(11-10-22)16(26)13-27-17-19-20-21-24(17)14-6-3-4-7-14/h14H,2-13H2,1H3,(H,18,25). The lowest BCUT2D eigenvalue weighted by molar-refractivity contribution is -0.128. The number of carbonyl (C=O) groups is 2. The molecule has 2 heterocycles. The predicted molar refractivity (Wildman–Crippen MR) is 102 cm³/mol. The Morgan fingerprint density at radius 3 is 2.74 bits per heavy atom. The van der Waals surface area contributed by atoms with Crippen LogP contribution in [0.2, 0.25) is 0 Å². The zero-order chi connectivity index (χ0) is 19.1. The molecule has 0 radical (unpaired) electrons. The molecular formula is C17H29N7O2S. The third-order valence-corrected chi connectivity index (χ3v) is 6.06. The molecule has 0 unspecified atom stereocenters. The molecular weight excluding hydrogens is 366 g/mol. The second-order valence-corrected chi connectivity index (χ2v) is 8.04. The molecule has 1 aromatic heterocycles. The maximum atomic E-state index is 12.6. The topological polar surface area (TPSA) is 96.2 Å². The predicted octanol–water partition coefficient (Wildman–Crippen LogP) is 0.551. The van der Waals surface area contributed by atoms with Gasteiger partial charge in [-0.1, -0.05) is 24.6 Å². The average molecular weight is 396 g/mol. The summed E-state index contributed by atoms with van der Waals surface area (Å²) in [7, 11) is 0. The van der Waals surface area contributed by atoms with Crippen LogP contribution in [0.5, 0.6) is 0 Å². The van der Waals surface area contributed by atoms with E-state index in [2.05, 4.69) is 25.7 Å². The highest BCUT2D eigenvalue weighted by Gasteiger charge is 2.24. The van der Waals surface area contributed by atoms with Gasteiger partial charge in [-0.15, -0.1) is 5.10 Å². The van der Waals surface area contributed by atoms with E-state index < -0.39 is 0 Å². The molecule has 2 fully saturated rings. The lowest BCUT2D eigenvalue weighted by Crippen LogP contribution is -2.40. The van der Waals surface area contributed by atoms with Gasteiger partial charge in [0.2, 0.25) is 17.0 Å². The third-order valence-electron chi connectivity index (χ3n) is 5.14. The molecule has 0 bridgehead atoms. The first kappa shape index (κ1) is 20.1. The van der Waals surface area contributed by atoms with Crippen molar-refractivity contribution in [3.8, 4) is 0 Å². The van der Waals surface area contributed by atoms with Crippen molar-refractivity contribution in [3.05, 3.63) is 0 Å². The summed E-state index contributed by atoms with van der Waals surface area (Å²) in [6.45, 7) is 5.93. The van der Waals surface area contributed by atoms with E-state index in [1.165, 1.54) is 24.6 Å². The smallest absolute Gasteiger partial charge is 0.234 e. The normalized spacial score (nSPS) is 19.2. The summed E-state index contributed by atoms with van der Waals surface area (Å²) < 4.78 is 1.89. The van der Waals surface area contributed by atoms with E-state index >= 15 is 0 Å². The maximum Gasteiger partial charge on any atom is 0.234 e. The number of hydrogen-bond acceptors (Lipinski definition) is 7. The van der Waals surface area contributed by atoms with Gasteiger partial charge in [-0.3, -0.25) is 14.5 Å². The third kappa shape index (κ3) is 5.65. The van der Waals surface area contributed by atoms with Gasteiger partial charge < -0.3 is 10.2 Å². The first-order valence-electron chi connectivity index (χ1n) is 9.85. The van der Waals surface area contributed by atoms with Gasteiger partial charge in [-0.25, -0.2) is 4.68 Å². The summed E-state index contributed by atoms with van der Waals surface area (Å²) >= 11 is 1.43. The van der Waals surface area contributed by atoms with Crippen molar-refractivity contribution in [3.63, 3.8) is 0 Å². The lowest BCUT2D eigenvalue weighted by Gasteiger charge is -2.21. The van der Waals surface area contributed by atoms with Crippen LogP contribution in [0.15, 0.2) is 5.16 Å². The minimum absolute atomic E-state index is 0.0478. The number of rotatable bonds is 7. The van der Waals surface area contributed by atoms with Gasteiger partial charge in [0.05, 0.1) is 18.3 Å². The van der Waals surface area contributed by atoms with Gasteiger partial charge in [0.25, 0.3) is 0 Å². The van der Waals surface area contributed by atoms with Crippen molar-refractivity contribution in [2.45, 2.75) is 50.2 Å². The van der Waals surface area contributed by atoms with E-state index in [9.17, 15) is 9.59 Å². The number of hydrogen-bond donors (Lipinski definition) is 1. The first-order valence-corrected chi connectivity index (χ1v) is 10.8. The molecule has 27 heavy (non-hydrogen) atoms. The van der Waals surface area contributed by atoms with E-state index in [-0.39, 0.29) is 11.8 Å². The highest BCUT2D eigenvalue weighted by molar-refractivity contribution is 7.99. The van der Waals surface area contributed by atoms with Gasteiger partial charge in [-0.2, -0.15) is 0 Å². The summed E-state index contributed by atoms with van der Waals surface area (Å²) in [5, 5.41) is 15.6. The minimum atomic E-state index is 0.0478. The van der Waals surface area contributed by atoms with E-state index in [0.717, 1.165) is 44.1 Å². The van der Waals surface area contributed by atoms with Gasteiger partial charge in [-0.05, 0) is 36.6 Å². The van der Waals surface area contributed by atoms with Gasteiger partial charge >= 0.3 is 0 Å². The van der Waals surface area contributed by atoms with Gasteiger partial charge in [0, 0.05) is 32.7 Å². The summed E-state index contributed by atoms with van der Waals surface area (Å²) in [5.74, 6) is 0.510. The number of amides is 2. The van der Waals surface area contributed by atoms with Crippen LogP contribution in [0, 0.1) is 0 Å². The van der Waals surface area contributed by atoms with Crippen molar-refractivity contribution in [2.24, 2.45) is 0 Å². The van der Waals surface area contributed by atoms with Crippen molar-refractivity contribution >= 4 is 23.6 Å². The lowest BCUT2D eigenvalue weighted by atomic mass is 10.3. The molecule has 3 rings (SSSR count). The molecule has 1 aliphatic heterocycles. The van der Waals surface area contributed by atoms with Crippen molar-refractivity contribution < 1.29 is 9.59 Å². The minimum Gasteiger partial charge on any atom is -0.355 e. The van der Waals surface area contributed by atoms with Crippen molar-refractivity contribution in [1.82, 2.24) is 35.3 Å². The molecule has 1 saturated heterocycles. The maximum absolute atomic E-state index is 12.6. The molecule has 2 amide bonds. The molecule has 1 N–H and O–H groups in total. The second kappa shape index (κ2) is 10.0. The molecule has 1 aliphatic carbocycles. The fraction of sp³-hybridized carbons (Fsp3) is 0.824. The molecule has 0 atom stereocenters. The zero-order valence-corrected chi connectivity index (χ0v) is 16.8. The fourth-order valence-electron chi connectivity index (χ4n) is 3.71. The van der Waals surface area contributed by atoms with E-state index in [1.807, 2.05) is 16.5 Å². The Bertz CT molecular complexity index is 633. The second-order valence-electron chi connectivity index (χ2n) is 7.10. The molecule has 0 aromatic carbocycles. The quantitative estimate of drug-likeness (QED) is 0.674. The Labute approximate surface area is 164 Å². The Balaban J connectivity index is 1.46. The number of nitrogens with zero attached hydrogens (tertiary/aromatic N) is 6. The zero-order valence-electron chi connectivity index (χ0n) is 16.0. The van der Waals surface area contributed by atoms with Crippen LogP contribution < -0.4 is 5.32 Å². The molecule has 150 valence electrons. The van der Waals surface area contributed by atoms with Crippen LogP contribution in [-0.2, 0) is 9.59 Å². The number of tetrazole rings is 1. The van der Waals surface area contributed by atoms with Crippen LogP contribution in [0.3, 0.4) is 0 Å². The largest absolute Gasteiger partial charge is 0.355 e. The fourth-order valence-corrected chi connectivity index (χ4v) is 4.56. The summed E-state index contributed by atoms with van der Waals surface area (Å²) in [5.41, 5.74) is 0. The van der Waals surface area contributed by atoms with Crippen LogP contribution in [-0.4, -0.2) is 86.8 Å². The number of nitrogens with one attached hydrogen (secondary N) is 1. The van der Waals surface area contributed by atoms with Gasteiger partial charge in [0.1, 0.15) is 0 Å². The Morgan fingerprint density at radius 2 is 1.96 bits per heavy atom. The Morgan fingerprint density at radius 1 is 1.15 bits per heavy atom. The Hall–Kier alpha value is -1.68. The van der Waals surface area contributed by atoms with E-state index in [0.29, 0.717) is 31.4 Å². The molecule has 9 nitrogen and oxygen atoms in total. The molecule has 2 aliphatic rings. The number of thioether (sulfide) groups is 1. The number of likely N-dealkylation sites (N-methyl/N-ethyl adjacent to an activating group) is 1. The van der Waals surface area contributed by atoms with Crippen LogP contribution in [0.1, 0.15) is 45.1 Å². The molecule has 10 heteroatoms. The molecule has 1 saturated carbocycles. The van der Waals surface area contributed by atoms with Crippen LogP contribution in [0.4, 0.5) is 0 Å². The van der Waals surface area contributed by atoms with Crippen LogP contribution in [0.25, 0.3) is 0 Å². The molecule has 0 spiro atoms. The van der Waals surface area contributed by atoms with Crippen molar-refractivity contribution in [1.29, 1.82) is 0 Å². The SMILES string of the molecule is CCNC(=O)CN1CCCN(C(=O)CSc2nnnn2C2CCCC2)CC1. The van der Waals surface area contributed by atoms with Crippen molar-refractivity contribution in [2.75, 3.05) is 45.0 Å². The van der Waals surface area contributed by atoms with E-state index in [1.54, 1.807) is 0 Å². The number of carbonyl (C=O) groups excluding carboxylic acids is 2. The van der Waals surface area contributed by atoms with Crippen LogP contribution >= 0.6 is 11.8 Å². The van der Waals surface area contributed by atoms with Gasteiger partial charge in [0.15, 0.2) is 0 Å². The highest BCUT2D eigenvalue weighted by atomic mass is 32.2. The van der Waals surface area contributed by atoms with E-state index in [4.69, 9.17) is 0 Å². The summed E-state index contributed by atoms with van der Waals surface area (Å²) in [6.07, 6.45) is 5.54. The highest BCUT2D eigenvalue weighted by Crippen LogP contribution is 2.31. The summed E-state index contributed by atoms with van der Waals surface area (Å²) in [4.78, 5) is 28.4. The molecule has 1 aromatic rings.